The zero-order valence-electron chi connectivity index (χ0n) is 28.8. The topological polar surface area (TPSA) is 254 Å². The molecule has 0 bridgehead atoms. The van der Waals surface area contributed by atoms with E-state index in [4.69, 9.17) is 38.8 Å². The van der Waals surface area contributed by atoms with E-state index in [-0.39, 0.29) is 60.8 Å². The van der Waals surface area contributed by atoms with E-state index < -0.39 is 47.3 Å². The van der Waals surface area contributed by atoms with Crippen molar-refractivity contribution in [3.05, 3.63) is 98.7 Å². The number of carboxylic acid groups (broad SMARTS) is 1. The van der Waals surface area contributed by atoms with Crippen molar-refractivity contribution < 1.29 is 44.8 Å². The van der Waals surface area contributed by atoms with Crippen molar-refractivity contribution in [3.8, 4) is 45.5 Å². The van der Waals surface area contributed by atoms with Crippen LogP contribution in [0.2, 0.25) is 10.0 Å². The fraction of sp³-hybridized carbons (Fsp3) is 0.139. The number of rotatable bonds is 12. The van der Waals surface area contributed by atoms with Gasteiger partial charge in [0.25, 0.3) is 11.8 Å². The van der Waals surface area contributed by atoms with E-state index in [1.807, 2.05) is 30.3 Å². The first kappa shape index (κ1) is 39.5. The summed E-state index contributed by atoms with van der Waals surface area (Å²) in [6, 6.07) is 13.6. The quantitative estimate of drug-likeness (QED) is 0.0206. The molecule has 3 aromatic carbocycles. The summed E-state index contributed by atoms with van der Waals surface area (Å²) in [6.07, 6.45) is 1.58. The minimum absolute atomic E-state index is 0.0278. The van der Waals surface area contributed by atoms with Gasteiger partial charge in [0, 0.05) is 39.8 Å². The van der Waals surface area contributed by atoms with E-state index in [9.17, 15) is 39.9 Å². The predicted molar refractivity (Wildman–Crippen MR) is 214 cm³/mol. The normalized spacial score (nSPS) is 16.6. The molecule has 2 atom stereocenters. The molecule has 292 valence electrons. The molecule has 0 unspecified atom stereocenters. The van der Waals surface area contributed by atoms with E-state index >= 15 is 0 Å². The third-order valence-corrected chi connectivity index (χ3v) is 12.4. The zero-order valence-corrected chi connectivity index (χ0v) is 32.8. The Labute approximate surface area is 344 Å². The third kappa shape index (κ3) is 7.96. The van der Waals surface area contributed by atoms with Crippen LogP contribution in [0.1, 0.15) is 11.3 Å². The second-order valence-electron chi connectivity index (χ2n) is 12.2. The molecule has 7 rings (SSSR count). The maximum atomic E-state index is 13.6. The van der Waals surface area contributed by atoms with Crippen molar-refractivity contribution in [1.82, 2.24) is 25.2 Å². The molecule has 0 aliphatic carbocycles. The fourth-order valence-electron chi connectivity index (χ4n) is 5.78. The van der Waals surface area contributed by atoms with E-state index in [0.717, 1.165) is 21.8 Å². The van der Waals surface area contributed by atoms with Crippen molar-refractivity contribution in [2.24, 2.45) is 5.16 Å². The number of thiazole rings is 1. The number of fused-ring (bicyclic) bond motifs is 1. The molecule has 4 heterocycles. The van der Waals surface area contributed by atoms with Gasteiger partial charge in [0.1, 0.15) is 34.4 Å². The number of β-lactam (4-membered cyclic amide) rings is 1. The van der Waals surface area contributed by atoms with E-state index in [0.29, 0.717) is 27.6 Å². The van der Waals surface area contributed by atoms with Crippen LogP contribution in [-0.2, 0) is 25.8 Å². The number of aliphatic carboxylic acids is 1. The Bertz CT molecular complexity index is 2500. The number of thioether (sulfide) groups is 2. The highest BCUT2D eigenvalue weighted by atomic mass is 35.5. The number of halogens is 2. The highest BCUT2D eigenvalue weighted by Crippen LogP contribution is 2.44. The number of hydrogen-bond acceptors (Lipinski definition) is 16. The van der Waals surface area contributed by atoms with Crippen LogP contribution in [0.4, 0.5) is 5.13 Å². The SMILES string of the molecule is Nc1nc(/C(=N/OCc2cc(Cl)c(O)c(O)c2Cl)C(=O)N[C@@H]2C(=O)N3C(C(=O)O)=C(CSc4nc(-c5ccccc5)ncc4-c4ccc(O)c(O)c4)CS[C@H]23)cs1. The molecule has 57 heavy (non-hydrogen) atoms. The molecule has 21 heteroatoms. The average molecular weight is 869 g/mol. The number of phenols is 4. The molecule has 8 N–H and O–H groups in total. The van der Waals surface area contributed by atoms with Crippen LogP contribution in [0.3, 0.4) is 0 Å². The number of carbonyl (C=O) groups excluding carboxylic acids is 2. The lowest BCUT2D eigenvalue weighted by molar-refractivity contribution is -0.150. The highest BCUT2D eigenvalue weighted by Gasteiger charge is 2.54. The summed E-state index contributed by atoms with van der Waals surface area (Å²) in [5.74, 6) is -4.10. The van der Waals surface area contributed by atoms with Crippen LogP contribution >= 0.6 is 58.1 Å². The summed E-state index contributed by atoms with van der Waals surface area (Å²) in [7, 11) is 0. The number of nitrogen functional groups attached to an aromatic ring is 1. The molecule has 2 aliphatic rings. The third-order valence-electron chi connectivity index (χ3n) is 8.59. The van der Waals surface area contributed by atoms with E-state index in [1.165, 1.54) is 47.1 Å². The lowest BCUT2D eigenvalue weighted by atomic mass is 10.0. The molecule has 1 fully saturated rings. The first-order valence-corrected chi connectivity index (χ1v) is 20.1. The van der Waals surface area contributed by atoms with Crippen LogP contribution in [-0.4, -0.2) is 91.8 Å². The zero-order chi connectivity index (χ0) is 40.5. The van der Waals surface area contributed by atoms with Gasteiger partial charge in [-0.15, -0.1) is 34.9 Å². The van der Waals surface area contributed by atoms with Crippen LogP contribution in [0.5, 0.6) is 23.0 Å². The number of oxime groups is 1. The standard InChI is InChI=1S/C36H27Cl2N7O9S3/c37-20-8-17(24(38)29(49)28(20)48)11-54-44-25(21-14-57-36(39)41-21)31(50)42-26-33(51)45-27(35(52)53)18(13-56-34(26)45)12-55-32-19(16-6-7-22(46)23(47)9-16)10-40-30(43-32)15-4-2-1-3-5-15/h1-10,14,26,34,46-49H,11-13H2,(H2,39,41)(H,42,50)(H,52,53)/b44-25-/t26-,34-/m1/s1. The van der Waals surface area contributed by atoms with Gasteiger partial charge in [0.05, 0.1) is 10.0 Å². The van der Waals surface area contributed by atoms with Crippen LogP contribution in [0.25, 0.3) is 22.5 Å². The molecule has 5 aromatic rings. The number of carboxylic acids is 1. The molecule has 2 aromatic heterocycles. The summed E-state index contributed by atoms with van der Waals surface area (Å²) in [4.78, 5) is 59.8. The highest BCUT2D eigenvalue weighted by molar-refractivity contribution is 8.01. The first-order valence-electron chi connectivity index (χ1n) is 16.4. The van der Waals surface area contributed by atoms with E-state index in [2.05, 4.69) is 20.4 Å². The van der Waals surface area contributed by atoms with Gasteiger partial charge in [-0.2, -0.15) is 0 Å². The number of nitrogens with two attached hydrogens (primary N) is 1. The van der Waals surface area contributed by atoms with Crippen LogP contribution < -0.4 is 11.1 Å². The van der Waals surface area contributed by atoms with Gasteiger partial charge >= 0.3 is 5.97 Å². The molecular formula is C36H27Cl2N7O9S3. The number of hydrogen-bond donors (Lipinski definition) is 7. The minimum atomic E-state index is -1.34. The molecule has 2 aliphatic heterocycles. The second-order valence-corrected chi connectivity index (χ2v) is 15.9. The second kappa shape index (κ2) is 16.4. The van der Waals surface area contributed by atoms with Crippen LogP contribution in [0.15, 0.2) is 87.6 Å². The Morgan fingerprint density at radius 3 is 2.51 bits per heavy atom. The summed E-state index contributed by atoms with van der Waals surface area (Å²) < 4.78 is 0. The monoisotopic (exact) mass is 867 g/mol. The van der Waals surface area contributed by atoms with E-state index in [1.54, 1.807) is 12.3 Å². The van der Waals surface area contributed by atoms with Gasteiger partial charge < -0.3 is 41.4 Å². The molecule has 0 saturated carbocycles. The molecule has 0 spiro atoms. The number of nitrogens with zero attached hydrogens (tertiary/aromatic N) is 5. The van der Waals surface area contributed by atoms with Crippen molar-refractivity contribution >= 4 is 86.7 Å². The lowest BCUT2D eigenvalue weighted by Gasteiger charge is -2.49. The van der Waals surface area contributed by atoms with Gasteiger partial charge in [0.15, 0.2) is 39.7 Å². The van der Waals surface area contributed by atoms with Gasteiger partial charge in [-0.3, -0.25) is 14.5 Å². The van der Waals surface area contributed by atoms with Crippen molar-refractivity contribution in [2.45, 2.75) is 23.0 Å². The van der Waals surface area contributed by atoms with Gasteiger partial charge in [-0.1, -0.05) is 64.8 Å². The minimum Gasteiger partial charge on any atom is -0.504 e. The lowest BCUT2D eigenvalue weighted by Crippen LogP contribution is -2.71. The number of aromatic hydroxyl groups is 4. The summed E-state index contributed by atoms with van der Waals surface area (Å²) >= 11 is 15.5. The Kier molecular flexibility index (Phi) is 11.4. The number of anilines is 1. The maximum absolute atomic E-state index is 13.6. The fourth-order valence-corrected chi connectivity index (χ4v) is 9.25. The van der Waals surface area contributed by atoms with Crippen molar-refractivity contribution in [1.29, 1.82) is 0 Å². The van der Waals surface area contributed by atoms with Gasteiger partial charge in [0.2, 0.25) is 0 Å². The number of benzene rings is 3. The number of nitrogens with one attached hydrogen (secondary N) is 1. The smallest absolute Gasteiger partial charge is 0.352 e. The summed E-state index contributed by atoms with van der Waals surface area (Å²) in [5.41, 5.74) is 7.58. The Balaban J connectivity index is 1.11. The average Bonchev–Trinajstić information content (AvgIpc) is 3.64. The summed E-state index contributed by atoms with van der Waals surface area (Å²) in [5, 5.41) is 57.6. The molecular weight excluding hydrogens is 842 g/mol. The van der Waals surface area contributed by atoms with Crippen LogP contribution in [0, 0.1) is 0 Å². The molecule has 0 radical (unpaired) electrons. The molecule has 1 saturated heterocycles. The summed E-state index contributed by atoms with van der Waals surface area (Å²) in [6.45, 7) is -0.396. The Morgan fingerprint density at radius 1 is 1.04 bits per heavy atom. The number of phenolic OH excluding ortho intramolecular Hbond substituents is 4. The molecule has 16 nitrogen and oxygen atoms in total. The predicted octanol–water partition coefficient (Wildman–Crippen LogP) is 5.43. The van der Waals surface area contributed by atoms with Gasteiger partial charge in [-0.05, 0) is 29.3 Å². The number of amides is 2. The van der Waals surface area contributed by atoms with Crippen molar-refractivity contribution in [2.75, 3.05) is 17.2 Å². The number of carbonyl (C=O) groups is 3. The Morgan fingerprint density at radius 2 is 1.81 bits per heavy atom. The Hall–Kier alpha value is -5.73. The number of aromatic nitrogens is 3. The molecule has 2 amide bonds. The van der Waals surface area contributed by atoms with Gasteiger partial charge in [-0.25, -0.2) is 19.7 Å². The maximum Gasteiger partial charge on any atom is 0.352 e. The van der Waals surface area contributed by atoms with Crippen molar-refractivity contribution in [3.63, 3.8) is 0 Å². The first-order chi connectivity index (χ1) is 27.3. The largest absolute Gasteiger partial charge is 0.504 e.